The van der Waals surface area contributed by atoms with Crippen LogP contribution in [0.1, 0.15) is 18.1 Å². The van der Waals surface area contributed by atoms with Crippen molar-refractivity contribution in [3.8, 4) is 11.5 Å². The Morgan fingerprint density at radius 3 is 2.42 bits per heavy atom. The van der Waals surface area contributed by atoms with Crippen LogP contribution in [0.15, 0.2) is 41.5 Å². The van der Waals surface area contributed by atoms with Crippen LogP contribution in [0.5, 0.6) is 11.5 Å². The van der Waals surface area contributed by atoms with E-state index in [-0.39, 0.29) is 12.5 Å². The molecule has 0 bridgehead atoms. The SMILES string of the molecule is COc1cccc(OC)c1CN=C(NOC(C)=O)Nc1ncccc1C. The van der Waals surface area contributed by atoms with Gasteiger partial charge in [-0.2, -0.15) is 5.48 Å². The van der Waals surface area contributed by atoms with Crippen molar-refractivity contribution in [3.63, 3.8) is 0 Å². The van der Waals surface area contributed by atoms with Crippen LogP contribution in [-0.2, 0) is 16.2 Å². The molecule has 2 rings (SSSR count). The van der Waals surface area contributed by atoms with Crippen molar-refractivity contribution in [1.29, 1.82) is 0 Å². The topological polar surface area (TPSA) is 94.1 Å². The maximum absolute atomic E-state index is 11.1. The van der Waals surface area contributed by atoms with Gasteiger partial charge in [-0.3, -0.25) is 4.79 Å². The summed E-state index contributed by atoms with van der Waals surface area (Å²) in [5.41, 5.74) is 4.19. The monoisotopic (exact) mass is 358 g/mol. The molecule has 0 unspecified atom stereocenters. The molecule has 2 aromatic rings. The molecular weight excluding hydrogens is 336 g/mol. The first kappa shape index (κ1) is 19.0. The summed E-state index contributed by atoms with van der Waals surface area (Å²) in [6.07, 6.45) is 1.65. The average Bonchev–Trinajstić information content (AvgIpc) is 2.65. The number of nitrogens with zero attached hydrogens (tertiary/aromatic N) is 2. The van der Waals surface area contributed by atoms with Crippen LogP contribution < -0.4 is 20.3 Å². The minimum atomic E-state index is -0.493. The van der Waals surface area contributed by atoms with E-state index in [0.717, 1.165) is 11.1 Å². The van der Waals surface area contributed by atoms with E-state index < -0.39 is 5.97 Å². The minimum Gasteiger partial charge on any atom is -0.496 e. The Balaban J connectivity index is 2.28. The van der Waals surface area contributed by atoms with Gasteiger partial charge in [0.15, 0.2) is 0 Å². The maximum Gasteiger partial charge on any atom is 0.329 e. The van der Waals surface area contributed by atoms with Gasteiger partial charge in [-0.15, -0.1) is 0 Å². The van der Waals surface area contributed by atoms with Crippen LogP contribution in [0.3, 0.4) is 0 Å². The Morgan fingerprint density at radius 2 is 1.85 bits per heavy atom. The van der Waals surface area contributed by atoms with Crippen molar-refractivity contribution in [2.45, 2.75) is 20.4 Å². The highest BCUT2D eigenvalue weighted by molar-refractivity contribution is 5.93. The highest BCUT2D eigenvalue weighted by Crippen LogP contribution is 2.28. The van der Waals surface area contributed by atoms with E-state index in [1.54, 1.807) is 20.4 Å². The molecule has 8 nitrogen and oxygen atoms in total. The normalized spacial score (nSPS) is 10.8. The van der Waals surface area contributed by atoms with Gasteiger partial charge in [0.2, 0.25) is 5.96 Å². The number of aryl methyl sites for hydroxylation is 1. The zero-order valence-corrected chi connectivity index (χ0v) is 15.2. The number of benzene rings is 1. The third kappa shape index (κ3) is 5.10. The highest BCUT2D eigenvalue weighted by Gasteiger charge is 2.11. The summed E-state index contributed by atoms with van der Waals surface area (Å²) in [7, 11) is 3.16. The number of hydrogen-bond donors (Lipinski definition) is 2. The van der Waals surface area contributed by atoms with Crippen LogP contribution in [-0.4, -0.2) is 31.1 Å². The maximum atomic E-state index is 11.1. The van der Waals surface area contributed by atoms with E-state index in [4.69, 9.17) is 14.3 Å². The highest BCUT2D eigenvalue weighted by atomic mass is 16.7. The van der Waals surface area contributed by atoms with Crippen LogP contribution in [0.4, 0.5) is 5.82 Å². The molecule has 8 heteroatoms. The number of nitrogens with one attached hydrogen (secondary N) is 2. The Hall–Kier alpha value is -3.29. The van der Waals surface area contributed by atoms with Crippen molar-refractivity contribution in [2.24, 2.45) is 4.99 Å². The lowest BCUT2D eigenvalue weighted by molar-refractivity contribution is -0.145. The smallest absolute Gasteiger partial charge is 0.329 e. The van der Waals surface area contributed by atoms with Crippen molar-refractivity contribution in [2.75, 3.05) is 19.5 Å². The van der Waals surface area contributed by atoms with E-state index in [1.165, 1.54) is 6.92 Å². The average molecular weight is 358 g/mol. The molecule has 0 saturated heterocycles. The van der Waals surface area contributed by atoms with Gasteiger partial charge >= 0.3 is 5.97 Å². The van der Waals surface area contributed by atoms with Crippen molar-refractivity contribution < 1.29 is 19.1 Å². The van der Waals surface area contributed by atoms with E-state index in [9.17, 15) is 4.79 Å². The van der Waals surface area contributed by atoms with Crippen LogP contribution in [0, 0.1) is 6.92 Å². The van der Waals surface area contributed by atoms with Crippen molar-refractivity contribution in [3.05, 3.63) is 47.7 Å². The molecule has 0 spiro atoms. The quantitative estimate of drug-likeness (QED) is 0.482. The van der Waals surface area contributed by atoms with Gasteiger partial charge in [0.1, 0.15) is 17.3 Å². The first-order valence-corrected chi connectivity index (χ1v) is 7.91. The number of methoxy groups -OCH3 is 2. The number of hydroxylamine groups is 1. The summed E-state index contributed by atoms with van der Waals surface area (Å²) in [4.78, 5) is 24.6. The third-order valence-electron chi connectivity index (χ3n) is 3.46. The van der Waals surface area contributed by atoms with Gasteiger partial charge < -0.3 is 19.6 Å². The van der Waals surface area contributed by atoms with Crippen molar-refractivity contribution >= 4 is 17.7 Å². The number of aromatic nitrogens is 1. The third-order valence-corrected chi connectivity index (χ3v) is 3.46. The largest absolute Gasteiger partial charge is 0.496 e. The number of pyridine rings is 1. The number of guanidine groups is 1. The molecule has 0 amide bonds. The van der Waals surface area contributed by atoms with Gasteiger partial charge in [0.25, 0.3) is 0 Å². The predicted octanol–water partition coefficient (Wildman–Crippen LogP) is 2.44. The van der Waals surface area contributed by atoms with Crippen LogP contribution in [0.25, 0.3) is 0 Å². The minimum absolute atomic E-state index is 0.231. The molecule has 0 saturated carbocycles. The van der Waals surface area contributed by atoms with Gasteiger partial charge in [0, 0.05) is 13.1 Å². The van der Waals surface area contributed by atoms with Crippen LogP contribution in [0.2, 0.25) is 0 Å². The molecule has 0 aliphatic rings. The zero-order chi connectivity index (χ0) is 18.9. The first-order valence-electron chi connectivity index (χ1n) is 7.91. The predicted molar refractivity (Wildman–Crippen MR) is 98.2 cm³/mol. The lowest BCUT2D eigenvalue weighted by Gasteiger charge is -2.14. The van der Waals surface area contributed by atoms with E-state index in [2.05, 4.69) is 20.8 Å². The van der Waals surface area contributed by atoms with E-state index in [1.807, 2.05) is 37.3 Å². The summed E-state index contributed by atoms with van der Waals surface area (Å²) in [5, 5.41) is 3.02. The number of rotatable bonds is 5. The van der Waals surface area contributed by atoms with Gasteiger partial charge in [-0.05, 0) is 30.7 Å². The van der Waals surface area contributed by atoms with E-state index >= 15 is 0 Å². The fraction of sp³-hybridized carbons (Fsp3) is 0.278. The second kappa shape index (κ2) is 9.26. The Labute approximate surface area is 152 Å². The van der Waals surface area contributed by atoms with Gasteiger partial charge in [0.05, 0.1) is 26.3 Å². The Morgan fingerprint density at radius 1 is 1.15 bits per heavy atom. The molecule has 0 atom stereocenters. The standard InChI is InChI=1S/C18H22N4O4/c1-12-7-6-10-19-17(12)21-18(22-26-13(2)23)20-11-14-15(24-3)8-5-9-16(14)25-4/h5-10H,11H2,1-4H3,(H2,19,20,21,22). The lowest BCUT2D eigenvalue weighted by Crippen LogP contribution is -2.33. The fourth-order valence-electron chi connectivity index (χ4n) is 2.19. The van der Waals surface area contributed by atoms with Gasteiger partial charge in [-0.1, -0.05) is 12.1 Å². The molecule has 0 radical (unpaired) electrons. The number of anilines is 1. The lowest BCUT2D eigenvalue weighted by atomic mass is 10.2. The number of hydrogen-bond acceptors (Lipinski definition) is 6. The first-order chi connectivity index (χ1) is 12.5. The number of carbonyl (C=O) groups is 1. The molecular formula is C18H22N4O4. The molecule has 1 aromatic heterocycles. The van der Waals surface area contributed by atoms with Gasteiger partial charge in [-0.25, -0.2) is 9.98 Å². The molecule has 0 aliphatic heterocycles. The summed E-state index contributed by atoms with van der Waals surface area (Å²) in [6, 6.07) is 9.21. The molecule has 0 aliphatic carbocycles. The molecule has 1 aromatic carbocycles. The second-order valence-electron chi connectivity index (χ2n) is 5.30. The van der Waals surface area contributed by atoms with Crippen LogP contribution >= 0.6 is 0 Å². The van der Waals surface area contributed by atoms with E-state index in [0.29, 0.717) is 17.3 Å². The Kier molecular flexibility index (Phi) is 6.78. The molecule has 138 valence electrons. The number of carbonyl (C=O) groups excluding carboxylic acids is 1. The molecule has 2 N–H and O–H groups in total. The molecule has 1 heterocycles. The Bertz CT molecular complexity index is 770. The number of ether oxygens (including phenoxy) is 2. The summed E-state index contributed by atoms with van der Waals surface area (Å²) in [5.74, 6) is 1.63. The zero-order valence-electron chi connectivity index (χ0n) is 15.2. The summed E-state index contributed by atoms with van der Waals surface area (Å²) >= 11 is 0. The molecule has 0 fully saturated rings. The fourth-order valence-corrected chi connectivity index (χ4v) is 2.19. The second-order valence-corrected chi connectivity index (χ2v) is 5.30. The number of aliphatic imine (C=N–C) groups is 1. The van der Waals surface area contributed by atoms with Crippen molar-refractivity contribution in [1.82, 2.24) is 10.5 Å². The molecule has 26 heavy (non-hydrogen) atoms. The summed E-state index contributed by atoms with van der Waals surface area (Å²) < 4.78 is 10.7. The summed E-state index contributed by atoms with van der Waals surface area (Å²) in [6.45, 7) is 3.43.